The molecule has 34 heavy (non-hydrogen) atoms. The molecule has 1 saturated heterocycles. The molecule has 1 atom stereocenters. The number of hydrogen-bond donors (Lipinski definition) is 3. The van der Waals surface area contributed by atoms with E-state index in [1.54, 1.807) is 6.07 Å². The summed E-state index contributed by atoms with van der Waals surface area (Å²) in [6.45, 7) is 8.31. The molecule has 4 rings (SSSR count). The molecule has 1 fully saturated rings. The fourth-order valence-electron chi connectivity index (χ4n) is 4.86. The molecule has 8 nitrogen and oxygen atoms in total. The van der Waals surface area contributed by atoms with Crippen LogP contribution in [0.5, 0.6) is 5.88 Å². The van der Waals surface area contributed by atoms with Gasteiger partial charge in [-0.05, 0) is 53.4 Å². The van der Waals surface area contributed by atoms with Gasteiger partial charge in [-0.3, -0.25) is 18.6 Å². The van der Waals surface area contributed by atoms with Gasteiger partial charge in [0.2, 0.25) is 11.8 Å². The van der Waals surface area contributed by atoms with Gasteiger partial charge in [0.25, 0.3) is 0 Å². The number of halogens is 1. The molecular formula is C24H35FN4O4S. The maximum atomic E-state index is 14.8. The van der Waals surface area contributed by atoms with Gasteiger partial charge in [-0.1, -0.05) is 0 Å². The van der Waals surface area contributed by atoms with Crippen molar-refractivity contribution in [2.45, 2.75) is 71.4 Å². The summed E-state index contributed by atoms with van der Waals surface area (Å²) in [6.07, 6.45) is 4.07. The van der Waals surface area contributed by atoms with Crippen LogP contribution in [0.4, 0.5) is 4.39 Å². The van der Waals surface area contributed by atoms with Crippen LogP contribution in [0, 0.1) is 11.7 Å². The van der Waals surface area contributed by atoms with E-state index in [0.29, 0.717) is 67.4 Å². The zero-order valence-corrected chi connectivity index (χ0v) is 21.1. The number of rotatable bonds is 6. The van der Waals surface area contributed by atoms with Crippen molar-refractivity contribution in [3.63, 3.8) is 0 Å². The number of aromatic nitrogens is 3. The summed E-state index contributed by atoms with van der Waals surface area (Å²) in [4.78, 5) is 17.2. The first-order chi connectivity index (χ1) is 16.0. The number of nitrogens with zero attached hydrogens (tertiary/aromatic N) is 3. The molecule has 188 valence electrons. The summed E-state index contributed by atoms with van der Waals surface area (Å²) >= 11 is 0. The SMILES string of the molecule is CCOc1cc(-c2nn(C(C)C)c3c2CCC(C(=O)NC2(C)CCS(O)(O)CC2)C3)c(F)cn1. The predicted molar refractivity (Wildman–Crippen MR) is 131 cm³/mol. The van der Waals surface area contributed by atoms with Gasteiger partial charge in [0.05, 0.1) is 18.5 Å². The number of fused-ring (bicyclic) bond motifs is 1. The van der Waals surface area contributed by atoms with Gasteiger partial charge in [0.1, 0.15) is 0 Å². The summed E-state index contributed by atoms with van der Waals surface area (Å²) in [5.41, 5.74) is 2.47. The van der Waals surface area contributed by atoms with Crippen molar-refractivity contribution in [1.29, 1.82) is 0 Å². The average molecular weight is 495 g/mol. The van der Waals surface area contributed by atoms with E-state index in [4.69, 9.17) is 9.84 Å². The van der Waals surface area contributed by atoms with Gasteiger partial charge < -0.3 is 10.1 Å². The molecule has 3 N–H and O–H groups in total. The lowest BCUT2D eigenvalue weighted by atomic mass is 9.84. The molecule has 1 amide bonds. The van der Waals surface area contributed by atoms with Crippen molar-refractivity contribution < 1.29 is 23.0 Å². The van der Waals surface area contributed by atoms with Gasteiger partial charge >= 0.3 is 0 Å². The summed E-state index contributed by atoms with van der Waals surface area (Å²) < 4.78 is 42.0. The molecule has 2 aromatic rings. The van der Waals surface area contributed by atoms with Crippen LogP contribution >= 0.6 is 10.6 Å². The van der Waals surface area contributed by atoms with Crippen LogP contribution < -0.4 is 10.1 Å². The van der Waals surface area contributed by atoms with Gasteiger partial charge in [-0.2, -0.15) is 15.7 Å². The average Bonchev–Trinajstić information content (AvgIpc) is 3.17. The van der Waals surface area contributed by atoms with E-state index in [-0.39, 0.29) is 17.9 Å². The lowest BCUT2D eigenvalue weighted by Crippen LogP contribution is -2.52. The minimum absolute atomic E-state index is 0.0155. The highest BCUT2D eigenvalue weighted by Crippen LogP contribution is 2.47. The fraction of sp³-hybridized carbons (Fsp3) is 0.625. The van der Waals surface area contributed by atoms with Crippen LogP contribution in [0.2, 0.25) is 0 Å². The molecule has 0 aromatic carbocycles. The fourth-order valence-corrected chi connectivity index (χ4v) is 6.62. The monoisotopic (exact) mass is 494 g/mol. The van der Waals surface area contributed by atoms with E-state index in [1.807, 2.05) is 32.4 Å². The highest BCUT2D eigenvalue weighted by molar-refractivity contribution is 8.24. The first-order valence-electron chi connectivity index (χ1n) is 12.0. The molecule has 0 saturated carbocycles. The second-order valence-electron chi connectivity index (χ2n) is 9.95. The zero-order valence-electron chi connectivity index (χ0n) is 20.3. The van der Waals surface area contributed by atoms with E-state index in [2.05, 4.69) is 10.3 Å². The number of amides is 1. The van der Waals surface area contributed by atoms with Crippen molar-refractivity contribution in [3.05, 3.63) is 29.3 Å². The van der Waals surface area contributed by atoms with Gasteiger partial charge in [-0.25, -0.2) is 9.37 Å². The van der Waals surface area contributed by atoms with E-state index in [9.17, 15) is 18.3 Å². The quantitative estimate of drug-likeness (QED) is 0.542. The Morgan fingerprint density at radius 3 is 2.74 bits per heavy atom. The van der Waals surface area contributed by atoms with Crippen molar-refractivity contribution in [1.82, 2.24) is 20.1 Å². The number of ether oxygens (including phenoxy) is 1. The van der Waals surface area contributed by atoms with E-state index >= 15 is 0 Å². The molecule has 2 aromatic heterocycles. The number of pyridine rings is 1. The molecule has 0 radical (unpaired) electrons. The lowest BCUT2D eigenvalue weighted by Gasteiger charge is -2.45. The largest absolute Gasteiger partial charge is 0.478 e. The number of carbonyl (C=O) groups is 1. The first kappa shape index (κ1) is 24.9. The van der Waals surface area contributed by atoms with Crippen molar-refractivity contribution in [2.75, 3.05) is 18.1 Å². The number of nitrogens with one attached hydrogen (secondary N) is 1. The van der Waals surface area contributed by atoms with Crippen LogP contribution in [0.3, 0.4) is 0 Å². The smallest absolute Gasteiger partial charge is 0.223 e. The zero-order chi connectivity index (χ0) is 24.7. The molecule has 0 bridgehead atoms. The molecule has 1 aliphatic heterocycles. The first-order valence-corrected chi connectivity index (χ1v) is 13.8. The minimum atomic E-state index is -2.51. The van der Waals surface area contributed by atoms with Gasteiger partial charge in [0.15, 0.2) is 5.82 Å². The van der Waals surface area contributed by atoms with Crippen LogP contribution in [0.1, 0.15) is 64.3 Å². The molecule has 1 aliphatic carbocycles. The highest BCUT2D eigenvalue weighted by Gasteiger charge is 2.38. The second kappa shape index (κ2) is 9.47. The van der Waals surface area contributed by atoms with Crippen LogP contribution in [0.25, 0.3) is 11.3 Å². The summed E-state index contributed by atoms with van der Waals surface area (Å²) in [6, 6.07) is 1.65. The minimum Gasteiger partial charge on any atom is -0.478 e. The third-order valence-corrected chi connectivity index (χ3v) is 8.64. The Labute approximate surface area is 201 Å². The maximum absolute atomic E-state index is 14.8. The third-order valence-electron chi connectivity index (χ3n) is 6.93. The van der Waals surface area contributed by atoms with Crippen LogP contribution in [-0.4, -0.2) is 53.4 Å². The van der Waals surface area contributed by atoms with Crippen molar-refractivity contribution in [3.8, 4) is 17.1 Å². The molecular weight excluding hydrogens is 459 g/mol. The Hall–Kier alpha value is -2.17. The summed E-state index contributed by atoms with van der Waals surface area (Å²) in [5, 5.41) is 7.96. The standard InChI is InChI=1S/C24H35FN4O4S/c1-5-33-21-13-18(19(25)14-26-21)22-17-7-6-16(12-20(17)29(28-22)15(2)3)23(30)27-24(4)8-10-34(31,32)11-9-24/h13-16,31-32H,5-12H2,1-4H3,(H,27,30). The molecule has 2 aliphatic rings. The molecule has 0 spiro atoms. The third kappa shape index (κ3) is 5.08. The predicted octanol–water partition coefficient (Wildman–Crippen LogP) is 4.59. The Bertz CT molecular complexity index is 1060. The van der Waals surface area contributed by atoms with Crippen LogP contribution in [0.15, 0.2) is 12.3 Å². The van der Waals surface area contributed by atoms with Crippen molar-refractivity contribution in [2.24, 2.45) is 5.92 Å². The summed E-state index contributed by atoms with van der Waals surface area (Å²) in [5.74, 6) is 0.327. The number of hydrogen-bond acceptors (Lipinski definition) is 6. The molecule has 10 heteroatoms. The van der Waals surface area contributed by atoms with Crippen molar-refractivity contribution >= 4 is 16.5 Å². The molecule has 3 heterocycles. The topological polar surface area (TPSA) is 110 Å². The van der Waals surface area contributed by atoms with E-state index in [0.717, 1.165) is 11.3 Å². The van der Waals surface area contributed by atoms with E-state index < -0.39 is 21.9 Å². The Balaban J connectivity index is 1.58. The molecule has 1 unspecified atom stereocenters. The normalized spacial score (nSPS) is 22.2. The lowest BCUT2D eigenvalue weighted by molar-refractivity contribution is -0.127. The Morgan fingerprint density at radius 2 is 2.09 bits per heavy atom. The Morgan fingerprint density at radius 1 is 1.38 bits per heavy atom. The van der Waals surface area contributed by atoms with E-state index in [1.165, 1.54) is 6.20 Å². The highest BCUT2D eigenvalue weighted by atomic mass is 32.3. The van der Waals surface area contributed by atoms with Gasteiger partial charge in [0, 0.05) is 58.3 Å². The summed E-state index contributed by atoms with van der Waals surface area (Å²) in [7, 11) is -2.51. The van der Waals surface area contributed by atoms with Gasteiger partial charge in [-0.15, -0.1) is 0 Å². The Kier molecular flexibility index (Phi) is 6.94. The number of carbonyl (C=O) groups excluding carboxylic acids is 1. The second-order valence-corrected chi connectivity index (χ2v) is 12.4. The maximum Gasteiger partial charge on any atom is 0.223 e. The van der Waals surface area contributed by atoms with Crippen LogP contribution in [-0.2, 0) is 17.6 Å².